The smallest absolute Gasteiger partial charge is 0.318 e. The molecule has 0 fully saturated rings. The number of carbonyl (C=O) groups excluding carboxylic acids is 2. The molecular weight excluding hydrogens is 262 g/mol. The Hall–Kier alpha value is -1.14. The van der Waals surface area contributed by atoms with E-state index >= 15 is 0 Å². The van der Waals surface area contributed by atoms with Crippen LogP contribution in [-0.4, -0.2) is 41.9 Å². The van der Waals surface area contributed by atoms with Gasteiger partial charge in [0.2, 0.25) is 0 Å². The summed E-state index contributed by atoms with van der Waals surface area (Å²) in [4.78, 5) is 30.9. The lowest BCUT2D eigenvalue weighted by Gasteiger charge is -2.02. The van der Waals surface area contributed by atoms with E-state index in [0.717, 1.165) is 12.8 Å². The van der Waals surface area contributed by atoms with Crippen LogP contribution in [0.25, 0.3) is 0 Å². The molecule has 0 aliphatic rings. The molecule has 7 heteroatoms. The van der Waals surface area contributed by atoms with Crippen molar-refractivity contribution >= 4 is 29.3 Å². The van der Waals surface area contributed by atoms with E-state index in [1.54, 1.807) is 0 Å². The quantitative estimate of drug-likeness (QED) is 0.390. The highest BCUT2D eigenvalue weighted by atomic mass is 35.5. The van der Waals surface area contributed by atoms with Gasteiger partial charge in [0.1, 0.15) is 11.7 Å². The van der Waals surface area contributed by atoms with Crippen LogP contribution in [0, 0.1) is 0 Å². The number of hydrogen-bond donors (Lipinski definition) is 2. The van der Waals surface area contributed by atoms with E-state index in [4.69, 9.17) is 27.2 Å². The van der Waals surface area contributed by atoms with Crippen LogP contribution in [0.15, 0.2) is 0 Å². The first-order valence-corrected chi connectivity index (χ1v) is 6.16. The standard InChI is InChI=1S/C9H17NO3.C2H3ClO2/c1-2-3-6-13-9(12)5-4-8(11)7-10;3-1-2(4)5/h2-7,10H2,1H3;1H2,(H,4,5). The Morgan fingerprint density at radius 3 is 2.22 bits per heavy atom. The zero-order chi connectivity index (χ0) is 14.4. The summed E-state index contributed by atoms with van der Waals surface area (Å²) in [6.07, 6.45) is 2.22. The molecule has 6 nitrogen and oxygen atoms in total. The monoisotopic (exact) mass is 281 g/mol. The van der Waals surface area contributed by atoms with Crippen LogP contribution in [0.1, 0.15) is 32.6 Å². The lowest BCUT2D eigenvalue weighted by molar-refractivity contribution is -0.144. The Labute approximate surface area is 111 Å². The van der Waals surface area contributed by atoms with Crippen LogP contribution in [-0.2, 0) is 19.1 Å². The zero-order valence-electron chi connectivity index (χ0n) is 10.5. The highest BCUT2D eigenvalue weighted by Gasteiger charge is 2.05. The lowest BCUT2D eigenvalue weighted by Crippen LogP contribution is -2.15. The number of unbranched alkanes of at least 4 members (excludes halogenated alkanes) is 1. The average Bonchev–Trinajstić information content (AvgIpc) is 2.36. The number of rotatable bonds is 8. The van der Waals surface area contributed by atoms with Crippen LogP contribution < -0.4 is 5.73 Å². The molecule has 0 aliphatic carbocycles. The number of carboxylic acid groups (broad SMARTS) is 1. The molecular formula is C11H20ClNO5. The molecule has 0 amide bonds. The predicted molar refractivity (Wildman–Crippen MR) is 67.5 cm³/mol. The number of carboxylic acids is 1. The summed E-state index contributed by atoms with van der Waals surface area (Å²) in [5.74, 6) is -1.70. The van der Waals surface area contributed by atoms with Gasteiger partial charge in [-0.2, -0.15) is 0 Å². The van der Waals surface area contributed by atoms with Gasteiger partial charge in [-0.25, -0.2) is 0 Å². The largest absolute Gasteiger partial charge is 0.480 e. The Bertz CT molecular complexity index is 258. The Morgan fingerprint density at radius 1 is 1.28 bits per heavy atom. The van der Waals surface area contributed by atoms with Crippen molar-refractivity contribution in [1.29, 1.82) is 0 Å². The van der Waals surface area contributed by atoms with Gasteiger partial charge >= 0.3 is 11.9 Å². The van der Waals surface area contributed by atoms with Crippen LogP contribution in [0.3, 0.4) is 0 Å². The van der Waals surface area contributed by atoms with Gasteiger partial charge in [-0.15, -0.1) is 11.6 Å². The highest BCUT2D eigenvalue weighted by Crippen LogP contribution is 1.95. The first-order chi connectivity index (χ1) is 8.47. The Kier molecular flexibility index (Phi) is 14.9. The van der Waals surface area contributed by atoms with Crippen molar-refractivity contribution in [3.63, 3.8) is 0 Å². The highest BCUT2D eigenvalue weighted by molar-refractivity contribution is 6.26. The molecule has 0 radical (unpaired) electrons. The van der Waals surface area contributed by atoms with Gasteiger partial charge in [0.05, 0.1) is 19.6 Å². The molecule has 3 N–H and O–H groups in total. The minimum Gasteiger partial charge on any atom is -0.480 e. The SMILES string of the molecule is CCCCOC(=O)CCC(=O)CN.O=C(O)CCl. The number of carbonyl (C=O) groups is 3. The van der Waals surface area contributed by atoms with Gasteiger partial charge in [0.25, 0.3) is 0 Å². The fraction of sp³-hybridized carbons (Fsp3) is 0.727. The summed E-state index contributed by atoms with van der Waals surface area (Å²) in [5, 5.41) is 7.59. The van der Waals surface area contributed by atoms with Crippen molar-refractivity contribution < 1.29 is 24.2 Å². The number of aliphatic carboxylic acids is 1. The predicted octanol–water partition coefficient (Wildman–Crippen LogP) is 0.947. The van der Waals surface area contributed by atoms with E-state index < -0.39 is 5.97 Å². The minimum atomic E-state index is -0.980. The molecule has 0 heterocycles. The summed E-state index contributed by atoms with van der Waals surface area (Å²) < 4.78 is 4.85. The number of halogens is 1. The molecule has 0 unspecified atom stereocenters. The van der Waals surface area contributed by atoms with Gasteiger partial charge in [-0.3, -0.25) is 14.4 Å². The van der Waals surface area contributed by atoms with Gasteiger partial charge in [-0.05, 0) is 6.42 Å². The summed E-state index contributed by atoms with van der Waals surface area (Å²) in [5.41, 5.74) is 5.08. The maximum Gasteiger partial charge on any atom is 0.318 e. The van der Waals surface area contributed by atoms with E-state index in [-0.39, 0.29) is 37.0 Å². The summed E-state index contributed by atoms with van der Waals surface area (Å²) in [6, 6.07) is 0. The van der Waals surface area contributed by atoms with Crippen molar-refractivity contribution in [2.24, 2.45) is 5.73 Å². The second-order valence-corrected chi connectivity index (χ2v) is 3.61. The lowest BCUT2D eigenvalue weighted by atomic mass is 10.2. The molecule has 0 rings (SSSR count). The van der Waals surface area contributed by atoms with Crippen LogP contribution in [0.5, 0.6) is 0 Å². The number of ketones is 1. The Balaban J connectivity index is 0. The molecule has 0 aromatic heterocycles. The third-order valence-electron chi connectivity index (χ3n) is 1.71. The minimum absolute atomic E-state index is 0.00222. The number of alkyl halides is 1. The molecule has 0 saturated carbocycles. The van der Waals surface area contributed by atoms with Gasteiger partial charge in [0.15, 0.2) is 0 Å². The number of nitrogens with two attached hydrogens (primary N) is 1. The molecule has 0 bridgehead atoms. The Morgan fingerprint density at radius 2 is 1.83 bits per heavy atom. The number of esters is 1. The third kappa shape index (κ3) is 17.3. The second kappa shape index (κ2) is 13.9. The molecule has 0 atom stereocenters. The number of Topliss-reactive ketones (excluding diaryl/α,β-unsaturated/α-hetero) is 1. The molecule has 0 saturated heterocycles. The third-order valence-corrected chi connectivity index (χ3v) is 1.94. The van der Waals surface area contributed by atoms with E-state index in [1.165, 1.54) is 0 Å². The maximum atomic E-state index is 10.9. The van der Waals surface area contributed by atoms with Crippen LogP contribution in [0.2, 0.25) is 0 Å². The summed E-state index contributed by atoms with van der Waals surface area (Å²) in [7, 11) is 0. The van der Waals surface area contributed by atoms with E-state index in [0.29, 0.717) is 6.61 Å². The zero-order valence-corrected chi connectivity index (χ0v) is 11.2. The van der Waals surface area contributed by atoms with Gasteiger partial charge < -0.3 is 15.6 Å². The van der Waals surface area contributed by atoms with E-state index in [1.807, 2.05) is 6.92 Å². The van der Waals surface area contributed by atoms with Gasteiger partial charge in [-0.1, -0.05) is 13.3 Å². The van der Waals surface area contributed by atoms with Crippen LogP contribution >= 0.6 is 11.6 Å². The topological polar surface area (TPSA) is 107 Å². The fourth-order valence-corrected chi connectivity index (χ4v) is 0.746. The average molecular weight is 282 g/mol. The van der Waals surface area contributed by atoms with Gasteiger partial charge in [0, 0.05) is 6.42 Å². The summed E-state index contributed by atoms with van der Waals surface area (Å²) >= 11 is 4.74. The van der Waals surface area contributed by atoms with Crippen molar-refractivity contribution in [3.8, 4) is 0 Å². The van der Waals surface area contributed by atoms with Crippen LogP contribution in [0.4, 0.5) is 0 Å². The van der Waals surface area contributed by atoms with E-state index in [2.05, 4.69) is 0 Å². The second-order valence-electron chi connectivity index (χ2n) is 3.34. The molecule has 0 aromatic rings. The first-order valence-electron chi connectivity index (χ1n) is 5.63. The molecule has 18 heavy (non-hydrogen) atoms. The first kappa shape index (κ1) is 19.2. The molecule has 0 aliphatic heterocycles. The molecule has 0 aromatic carbocycles. The van der Waals surface area contributed by atoms with Crippen molar-refractivity contribution in [1.82, 2.24) is 0 Å². The number of ether oxygens (including phenoxy) is 1. The fourth-order valence-electron chi connectivity index (χ4n) is 0.746. The van der Waals surface area contributed by atoms with Crippen molar-refractivity contribution in [2.75, 3.05) is 19.0 Å². The maximum absolute atomic E-state index is 10.9. The summed E-state index contributed by atoms with van der Waals surface area (Å²) in [6.45, 7) is 2.47. The van der Waals surface area contributed by atoms with E-state index in [9.17, 15) is 14.4 Å². The normalized spacial score (nSPS) is 9.06. The number of hydrogen-bond acceptors (Lipinski definition) is 5. The molecule has 106 valence electrons. The van der Waals surface area contributed by atoms with Crippen molar-refractivity contribution in [2.45, 2.75) is 32.6 Å². The molecule has 0 spiro atoms. The van der Waals surface area contributed by atoms with Crippen molar-refractivity contribution in [3.05, 3.63) is 0 Å².